The first kappa shape index (κ1) is 39.8. The number of benzene rings is 2. The van der Waals surface area contributed by atoms with Crippen molar-refractivity contribution in [2.45, 2.75) is 51.0 Å². The normalized spacial score (nSPS) is 18.7. The Bertz CT molecular complexity index is 2070. The van der Waals surface area contributed by atoms with E-state index in [2.05, 4.69) is 20.5 Å². The number of unbranched alkanes of at least 4 members (excludes halogenated alkanes) is 1. The van der Waals surface area contributed by atoms with Crippen molar-refractivity contribution < 1.29 is 38.3 Å². The van der Waals surface area contributed by atoms with E-state index in [1.807, 2.05) is 41.3 Å². The molecule has 0 saturated carbocycles. The van der Waals surface area contributed by atoms with Crippen molar-refractivity contribution in [1.29, 1.82) is 0 Å². The molecule has 3 saturated heterocycles. The fraction of sp³-hybridized carbons (Fsp3) is 0.395. The number of rotatable bonds is 13. The largest absolute Gasteiger partial charge is 0.483 e. The average molecular weight is 790 g/mol. The minimum atomic E-state index is -1.10. The maximum atomic E-state index is 13.4. The summed E-state index contributed by atoms with van der Waals surface area (Å²) in [6, 6.07) is 14.8. The van der Waals surface area contributed by atoms with Gasteiger partial charge < -0.3 is 24.8 Å². The summed E-state index contributed by atoms with van der Waals surface area (Å²) < 4.78 is 5.81. The average Bonchev–Trinajstić information content (AvgIpc) is 3.51. The Labute approximate surface area is 336 Å². The molecule has 3 aromatic rings. The van der Waals surface area contributed by atoms with Crippen LogP contribution in [0.2, 0.25) is 0 Å². The fourth-order valence-corrected chi connectivity index (χ4v) is 7.95. The second-order valence-corrected chi connectivity index (χ2v) is 15.0. The van der Waals surface area contributed by atoms with Crippen molar-refractivity contribution in [1.82, 2.24) is 30.3 Å². The zero-order valence-electron chi connectivity index (χ0n) is 32.3. The summed E-state index contributed by atoms with van der Waals surface area (Å²) in [6.45, 7) is 3.80. The number of carbonyl (C=O) groups is 7. The van der Waals surface area contributed by atoms with Gasteiger partial charge in [0.2, 0.25) is 17.7 Å². The summed E-state index contributed by atoms with van der Waals surface area (Å²) in [5.41, 5.74) is 2.57. The van der Waals surface area contributed by atoms with Gasteiger partial charge in [0.05, 0.1) is 11.1 Å². The van der Waals surface area contributed by atoms with Gasteiger partial charge in [-0.3, -0.25) is 48.8 Å². The van der Waals surface area contributed by atoms with E-state index in [0.29, 0.717) is 44.2 Å². The van der Waals surface area contributed by atoms with Crippen molar-refractivity contribution in [3.8, 4) is 5.75 Å². The van der Waals surface area contributed by atoms with Gasteiger partial charge in [-0.15, -0.1) is 0 Å². The topological polar surface area (TPSA) is 179 Å². The van der Waals surface area contributed by atoms with Crippen LogP contribution in [-0.2, 0) is 19.2 Å². The number of pyridine rings is 1. The number of nitrogens with zero attached hydrogens (tertiary/aromatic N) is 5. The predicted octanol–water partition coefficient (Wildman–Crippen LogP) is 3.06. The molecule has 302 valence electrons. The Hall–Kier alpha value is -6.38. The summed E-state index contributed by atoms with van der Waals surface area (Å²) in [5.74, 6) is -2.20. The number of aromatic nitrogens is 1. The molecule has 7 amide bonds. The molecule has 5 heterocycles. The van der Waals surface area contributed by atoms with E-state index in [1.165, 1.54) is 18.2 Å². The first-order chi connectivity index (χ1) is 28.2. The second-order valence-electron chi connectivity index (χ2n) is 15.0. The number of hydrogen-bond donors (Lipinski definition) is 2. The monoisotopic (exact) mass is 789 g/mol. The molecular formula is C43H47N7O8. The smallest absolute Gasteiger partial charge is 0.266 e. The van der Waals surface area contributed by atoms with Crippen molar-refractivity contribution >= 4 is 53.1 Å². The van der Waals surface area contributed by atoms with E-state index in [4.69, 9.17) is 4.74 Å². The van der Waals surface area contributed by atoms with Crippen molar-refractivity contribution in [3.63, 3.8) is 0 Å². The molecule has 0 bridgehead atoms. The number of piperidine rings is 2. The highest BCUT2D eigenvalue weighted by Crippen LogP contribution is 2.34. The molecule has 15 heteroatoms. The molecule has 4 aliphatic rings. The number of piperazine rings is 1. The quantitative estimate of drug-likeness (QED) is 0.149. The summed E-state index contributed by atoms with van der Waals surface area (Å²) in [7, 11) is 0. The number of ether oxygens (including phenoxy) is 1. The highest BCUT2D eigenvalue weighted by atomic mass is 16.5. The molecule has 0 aliphatic carbocycles. The fourth-order valence-electron chi connectivity index (χ4n) is 7.95. The van der Waals surface area contributed by atoms with Gasteiger partial charge in [-0.25, -0.2) is 0 Å². The van der Waals surface area contributed by atoms with Crippen LogP contribution in [0.1, 0.15) is 81.6 Å². The lowest BCUT2D eigenvalue weighted by Gasteiger charge is -2.36. The van der Waals surface area contributed by atoms with Crippen LogP contribution in [0, 0.1) is 5.92 Å². The molecule has 0 spiro atoms. The molecule has 2 N–H and O–H groups in total. The molecule has 1 unspecified atom stereocenters. The van der Waals surface area contributed by atoms with Gasteiger partial charge >= 0.3 is 0 Å². The van der Waals surface area contributed by atoms with Crippen molar-refractivity contribution in [2.75, 3.05) is 57.3 Å². The van der Waals surface area contributed by atoms with Crippen LogP contribution in [0.5, 0.6) is 5.75 Å². The Morgan fingerprint density at radius 2 is 1.62 bits per heavy atom. The Kier molecular flexibility index (Phi) is 12.5. The molecule has 4 aliphatic heterocycles. The molecule has 1 atom stereocenters. The number of likely N-dealkylation sites (tertiary alicyclic amines) is 1. The lowest BCUT2D eigenvalue weighted by Crippen LogP contribution is -2.54. The maximum Gasteiger partial charge on any atom is 0.266 e. The third-order valence-electron chi connectivity index (χ3n) is 11.2. The standard InChI is InChI=1S/C43H47N7O8/c51-36(15-9-30-6-4-19-44-27-30)45-20-2-1-5-29-17-21-49(22-18-29)41(55)31-10-12-32(13-11-31)47-23-25-48(26-24-47)38(53)28-58-35-8-3-7-33-39(35)43(57)50(42(33)56)34-14-16-37(52)46-40(34)54/h3-4,6-13,15,19,27,29,34H,1-2,5,14,16-18,20-26,28H2,(H,45,51)(H,46,52,54)/b15-9+. The number of nitrogens with one attached hydrogen (secondary N) is 2. The van der Waals surface area contributed by atoms with Crippen LogP contribution in [0.15, 0.2) is 73.1 Å². The first-order valence-corrected chi connectivity index (χ1v) is 19.9. The zero-order valence-corrected chi connectivity index (χ0v) is 32.3. The van der Waals surface area contributed by atoms with E-state index in [1.54, 1.807) is 29.4 Å². The molecule has 7 rings (SSSR count). The van der Waals surface area contributed by atoms with Gasteiger partial charge in [0, 0.05) is 82.0 Å². The van der Waals surface area contributed by atoms with Crippen LogP contribution < -0.4 is 20.3 Å². The van der Waals surface area contributed by atoms with Crippen LogP contribution in [0.25, 0.3) is 6.08 Å². The van der Waals surface area contributed by atoms with E-state index in [-0.39, 0.29) is 54.0 Å². The van der Waals surface area contributed by atoms with Gasteiger partial charge in [0.15, 0.2) is 6.61 Å². The Balaban J connectivity index is 0.806. The highest BCUT2D eigenvalue weighted by Gasteiger charge is 2.46. The lowest BCUT2D eigenvalue weighted by atomic mass is 9.91. The number of anilines is 1. The maximum absolute atomic E-state index is 13.4. The SMILES string of the molecule is O=C(/C=C/c1cccnc1)NCCCCC1CCN(C(=O)c2ccc(N3CCN(C(=O)COc4cccc5c4C(=O)N(C4CCC(=O)NC4=O)C5=O)CC3)cc2)CC1. The van der Waals surface area contributed by atoms with E-state index < -0.39 is 29.7 Å². The zero-order chi connectivity index (χ0) is 40.6. The molecule has 0 radical (unpaired) electrons. The molecule has 15 nitrogen and oxygen atoms in total. The number of hydrogen-bond acceptors (Lipinski definition) is 10. The van der Waals surface area contributed by atoms with Crippen molar-refractivity contribution in [2.24, 2.45) is 5.92 Å². The molecular weight excluding hydrogens is 743 g/mol. The summed E-state index contributed by atoms with van der Waals surface area (Å²) >= 11 is 0. The number of fused-ring (bicyclic) bond motifs is 1. The van der Waals surface area contributed by atoms with Gasteiger partial charge in [0.1, 0.15) is 11.8 Å². The van der Waals surface area contributed by atoms with Gasteiger partial charge in [0.25, 0.3) is 23.6 Å². The Morgan fingerprint density at radius 3 is 2.34 bits per heavy atom. The first-order valence-electron chi connectivity index (χ1n) is 19.9. The van der Waals surface area contributed by atoms with Gasteiger partial charge in [-0.05, 0) is 85.7 Å². The van der Waals surface area contributed by atoms with Crippen molar-refractivity contribution in [3.05, 3.63) is 95.3 Å². The number of imide groups is 2. The van der Waals surface area contributed by atoms with Crippen LogP contribution in [0.3, 0.4) is 0 Å². The van der Waals surface area contributed by atoms with Crippen LogP contribution in [0.4, 0.5) is 5.69 Å². The number of amides is 7. The van der Waals surface area contributed by atoms with Gasteiger partial charge in [-0.1, -0.05) is 25.0 Å². The molecule has 58 heavy (non-hydrogen) atoms. The van der Waals surface area contributed by atoms with E-state index in [0.717, 1.165) is 61.3 Å². The Morgan fingerprint density at radius 1 is 0.845 bits per heavy atom. The summed E-state index contributed by atoms with van der Waals surface area (Å²) in [4.78, 5) is 99.8. The molecule has 2 aromatic carbocycles. The van der Waals surface area contributed by atoms with E-state index >= 15 is 0 Å². The van der Waals surface area contributed by atoms with Gasteiger partial charge in [-0.2, -0.15) is 0 Å². The summed E-state index contributed by atoms with van der Waals surface area (Å²) in [6.07, 6.45) is 11.7. The summed E-state index contributed by atoms with van der Waals surface area (Å²) in [5, 5.41) is 5.12. The predicted molar refractivity (Wildman–Crippen MR) is 213 cm³/mol. The minimum absolute atomic E-state index is 0.00108. The van der Waals surface area contributed by atoms with E-state index in [9.17, 15) is 33.6 Å². The van der Waals surface area contributed by atoms with Crippen LogP contribution >= 0.6 is 0 Å². The third-order valence-corrected chi connectivity index (χ3v) is 11.2. The number of carbonyl (C=O) groups excluding carboxylic acids is 7. The molecule has 3 fully saturated rings. The molecule has 1 aromatic heterocycles. The second kappa shape index (κ2) is 18.3. The minimum Gasteiger partial charge on any atom is -0.483 e. The lowest BCUT2D eigenvalue weighted by molar-refractivity contribution is -0.136. The third kappa shape index (κ3) is 9.25. The van der Waals surface area contributed by atoms with Crippen LogP contribution in [-0.4, -0.2) is 119 Å². The highest BCUT2D eigenvalue weighted by molar-refractivity contribution is 6.24.